The molecule has 2 rings (SSSR count). The van der Waals surface area contributed by atoms with E-state index in [2.05, 4.69) is 25.7 Å². The molecule has 9 nitrogen and oxygen atoms in total. The van der Waals surface area contributed by atoms with Crippen LogP contribution in [0.3, 0.4) is 0 Å². The molecule has 1 aliphatic heterocycles. The van der Waals surface area contributed by atoms with Crippen molar-refractivity contribution >= 4 is 39.3 Å². The lowest BCUT2D eigenvalue weighted by atomic mass is 9.75. The smallest absolute Gasteiger partial charge is 0.433 e. The number of halogens is 4. The first-order valence-corrected chi connectivity index (χ1v) is 11.1. The Bertz CT molecular complexity index is 1020. The van der Waals surface area contributed by atoms with Crippen LogP contribution in [-0.4, -0.2) is 54.9 Å². The van der Waals surface area contributed by atoms with Gasteiger partial charge in [-0.3, -0.25) is 19.9 Å². The molecule has 0 aromatic heterocycles. The summed E-state index contributed by atoms with van der Waals surface area (Å²) in [5, 5.41) is 12.3. The normalized spacial score (nSPS) is 18.3. The number of carbonyl (C=O) groups excluding carboxylic acids is 2. The zero-order valence-electron chi connectivity index (χ0n) is 18.5. The summed E-state index contributed by atoms with van der Waals surface area (Å²) in [6, 6.07) is 3.62. The van der Waals surface area contributed by atoms with Gasteiger partial charge in [0.25, 0.3) is 0 Å². The van der Waals surface area contributed by atoms with Crippen molar-refractivity contribution in [1.82, 2.24) is 0 Å². The zero-order valence-corrected chi connectivity index (χ0v) is 20.1. The summed E-state index contributed by atoms with van der Waals surface area (Å²) in [7, 11) is 1.91. The van der Waals surface area contributed by atoms with Gasteiger partial charge < -0.3 is 14.2 Å². The maximum atomic E-state index is 13.9. The number of nitro benzene ring substituents is 1. The van der Waals surface area contributed by atoms with Crippen LogP contribution in [0.2, 0.25) is 0 Å². The standard InChI is InChI=1S/C21H22BrF3N2O7/c1-11-14(19(28)32-2)15(16(20(29)33-3)18(26-11)21(23,24)25)12-7-6-8-13(27(30)31)17(12)34-10-5-4-9-22/h6-8,14-15H,4-5,9-10H2,1-3H3. The Morgan fingerprint density at radius 2 is 1.88 bits per heavy atom. The predicted octanol–water partition coefficient (Wildman–Crippen LogP) is 4.49. The number of allylic oxidation sites excluding steroid dienone is 1. The summed E-state index contributed by atoms with van der Waals surface area (Å²) in [6.07, 6.45) is -3.93. The molecule has 1 aliphatic rings. The van der Waals surface area contributed by atoms with Crippen LogP contribution in [0.15, 0.2) is 34.5 Å². The number of rotatable bonds is 9. The van der Waals surface area contributed by atoms with Crippen LogP contribution in [0.4, 0.5) is 18.9 Å². The fraction of sp³-hybridized carbons (Fsp3) is 0.476. The van der Waals surface area contributed by atoms with Crippen LogP contribution in [-0.2, 0) is 19.1 Å². The number of ether oxygens (including phenoxy) is 3. The highest BCUT2D eigenvalue weighted by atomic mass is 79.9. The van der Waals surface area contributed by atoms with Gasteiger partial charge in [-0.2, -0.15) is 13.2 Å². The molecular formula is C21H22BrF3N2O7. The molecule has 0 radical (unpaired) electrons. The topological polar surface area (TPSA) is 117 Å². The van der Waals surface area contributed by atoms with Crippen LogP contribution in [0, 0.1) is 16.0 Å². The van der Waals surface area contributed by atoms with E-state index in [4.69, 9.17) is 9.47 Å². The van der Waals surface area contributed by atoms with E-state index in [-0.39, 0.29) is 23.6 Å². The van der Waals surface area contributed by atoms with E-state index in [0.29, 0.717) is 18.2 Å². The zero-order chi connectivity index (χ0) is 25.6. The van der Waals surface area contributed by atoms with Gasteiger partial charge in [0, 0.05) is 28.6 Å². The lowest BCUT2D eigenvalue weighted by Crippen LogP contribution is -2.38. The average molecular weight is 551 g/mol. The van der Waals surface area contributed by atoms with E-state index in [0.717, 1.165) is 20.3 Å². The second kappa shape index (κ2) is 11.4. The van der Waals surface area contributed by atoms with Gasteiger partial charge in [-0.05, 0) is 19.8 Å². The van der Waals surface area contributed by atoms with Crippen LogP contribution < -0.4 is 4.74 Å². The fourth-order valence-corrected chi connectivity index (χ4v) is 4.04. The number of aliphatic imine (C=N–C) groups is 1. The number of methoxy groups -OCH3 is 2. The van der Waals surface area contributed by atoms with E-state index >= 15 is 0 Å². The molecule has 0 N–H and O–H groups in total. The summed E-state index contributed by atoms with van der Waals surface area (Å²) < 4.78 is 56.8. The number of carbonyl (C=O) groups is 2. The molecule has 0 fully saturated rings. The first-order valence-electron chi connectivity index (χ1n) is 9.98. The summed E-state index contributed by atoms with van der Waals surface area (Å²) in [4.78, 5) is 39.7. The summed E-state index contributed by atoms with van der Waals surface area (Å²) in [6.45, 7) is 1.19. The Morgan fingerprint density at radius 1 is 1.21 bits per heavy atom. The Morgan fingerprint density at radius 3 is 2.41 bits per heavy atom. The van der Waals surface area contributed by atoms with Gasteiger partial charge in [0.15, 0.2) is 5.70 Å². The molecule has 0 bridgehead atoms. The molecule has 34 heavy (non-hydrogen) atoms. The molecule has 0 aliphatic carbocycles. The third-order valence-electron chi connectivity index (χ3n) is 5.10. The lowest BCUT2D eigenvalue weighted by molar-refractivity contribution is -0.386. The van der Waals surface area contributed by atoms with Crippen molar-refractivity contribution in [3.8, 4) is 5.75 Å². The van der Waals surface area contributed by atoms with Crippen molar-refractivity contribution in [2.24, 2.45) is 10.9 Å². The van der Waals surface area contributed by atoms with E-state index in [1.807, 2.05) is 0 Å². The molecule has 2 atom stereocenters. The fourth-order valence-electron chi connectivity index (χ4n) is 3.64. The lowest BCUT2D eigenvalue weighted by Gasteiger charge is -2.32. The highest BCUT2D eigenvalue weighted by molar-refractivity contribution is 9.09. The number of nitrogens with zero attached hydrogens (tertiary/aromatic N) is 2. The van der Waals surface area contributed by atoms with Crippen LogP contribution in [0.1, 0.15) is 31.2 Å². The van der Waals surface area contributed by atoms with Gasteiger partial charge in [0.1, 0.15) is 5.92 Å². The molecule has 186 valence electrons. The minimum atomic E-state index is -5.08. The Hall–Kier alpha value is -2.96. The molecule has 0 saturated carbocycles. The van der Waals surface area contributed by atoms with Crippen LogP contribution in [0.5, 0.6) is 5.75 Å². The molecule has 0 spiro atoms. The molecule has 1 heterocycles. The maximum absolute atomic E-state index is 13.9. The van der Waals surface area contributed by atoms with Crippen LogP contribution >= 0.6 is 15.9 Å². The summed E-state index contributed by atoms with van der Waals surface area (Å²) in [5.41, 5.74) is -3.51. The number of alkyl halides is 4. The van der Waals surface area contributed by atoms with Crippen LogP contribution in [0.25, 0.3) is 0 Å². The minimum Gasteiger partial charge on any atom is -0.487 e. The van der Waals surface area contributed by atoms with Gasteiger partial charge in [0.05, 0.1) is 31.3 Å². The highest BCUT2D eigenvalue weighted by Crippen LogP contribution is 2.48. The molecule has 0 saturated heterocycles. The van der Waals surface area contributed by atoms with Crippen molar-refractivity contribution in [2.45, 2.75) is 31.9 Å². The second-order valence-corrected chi connectivity index (χ2v) is 7.97. The number of hydrogen-bond donors (Lipinski definition) is 0. The molecule has 1 aromatic rings. The van der Waals surface area contributed by atoms with Crippen molar-refractivity contribution < 1.29 is 41.9 Å². The van der Waals surface area contributed by atoms with E-state index < -0.39 is 51.8 Å². The SMILES string of the molecule is COC(=O)C1=C(C(F)(F)F)N=C(C)C(C(=O)OC)C1c1cccc([N+](=O)[O-])c1OCCCCBr. The Labute approximate surface area is 201 Å². The predicted molar refractivity (Wildman–Crippen MR) is 118 cm³/mol. The quantitative estimate of drug-likeness (QED) is 0.146. The second-order valence-electron chi connectivity index (χ2n) is 7.18. The Balaban J connectivity index is 2.88. The Kier molecular flexibility index (Phi) is 9.19. The molecule has 13 heteroatoms. The van der Waals surface area contributed by atoms with Gasteiger partial charge in [-0.25, -0.2) is 4.79 Å². The first-order chi connectivity index (χ1) is 16.0. The van der Waals surface area contributed by atoms with E-state index in [1.165, 1.54) is 19.1 Å². The average Bonchev–Trinajstić information content (AvgIpc) is 2.79. The van der Waals surface area contributed by atoms with Gasteiger partial charge in [-0.15, -0.1) is 0 Å². The van der Waals surface area contributed by atoms with Crippen molar-refractivity contribution in [2.75, 3.05) is 26.2 Å². The summed E-state index contributed by atoms with van der Waals surface area (Å²) in [5.74, 6) is -5.87. The highest BCUT2D eigenvalue weighted by Gasteiger charge is 2.50. The third kappa shape index (κ3) is 5.75. The van der Waals surface area contributed by atoms with Gasteiger partial charge >= 0.3 is 23.8 Å². The van der Waals surface area contributed by atoms with Crippen molar-refractivity contribution in [3.63, 3.8) is 0 Å². The number of benzene rings is 1. The number of esters is 2. The number of hydrogen-bond acceptors (Lipinski definition) is 8. The molecule has 1 aromatic carbocycles. The van der Waals surface area contributed by atoms with Crippen molar-refractivity contribution in [3.05, 3.63) is 45.1 Å². The molecular weight excluding hydrogens is 529 g/mol. The monoisotopic (exact) mass is 550 g/mol. The number of nitro groups is 1. The third-order valence-corrected chi connectivity index (χ3v) is 5.66. The molecule has 2 unspecified atom stereocenters. The summed E-state index contributed by atoms with van der Waals surface area (Å²) >= 11 is 3.25. The van der Waals surface area contributed by atoms with E-state index in [9.17, 15) is 32.9 Å². The van der Waals surface area contributed by atoms with Crippen molar-refractivity contribution in [1.29, 1.82) is 0 Å². The van der Waals surface area contributed by atoms with E-state index in [1.54, 1.807) is 0 Å². The molecule has 0 amide bonds. The van der Waals surface area contributed by atoms with Gasteiger partial charge in [0.2, 0.25) is 5.75 Å². The number of unbranched alkanes of at least 4 members (excludes halogenated alkanes) is 1. The maximum Gasteiger partial charge on any atom is 0.433 e. The minimum absolute atomic E-state index is 0.00946. The first kappa shape index (κ1) is 27.3. The van der Waals surface area contributed by atoms with Gasteiger partial charge in [-0.1, -0.05) is 28.1 Å². The largest absolute Gasteiger partial charge is 0.487 e. The number of para-hydroxylation sites is 1.